The molecule has 104 valence electrons. The molecule has 0 saturated carbocycles. The van der Waals surface area contributed by atoms with E-state index in [9.17, 15) is 9.18 Å². The third kappa shape index (κ3) is 2.90. The van der Waals surface area contributed by atoms with Crippen LogP contribution in [-0.2, 0) is 0 Å². The Kier molecular flexibility index (Phi) is 4.23. The van der Waals surface area contributed by atoms with Crippen LogP contribution in [0.4, 0.5) is 10.1 Å². The standard InChI is InChI=1S/C16H15BrFNO/c1-9-10(2)14(8-15(17)11(9)3)16(20)19-13-6-4-12(18)5-7-13/h4-8H,1-3H3,(H,19,20). The fraction of sp³-hybridized carbons (Fsp3) is 0.188. The predicted octanol–water partition coefficient (Wildman–Crippen LogP) is 4.77. The largest absolute Gasteiger partial charge is 0.322 e. The Bertz CT molecular complexity index is 665. The Labute approximate surface area is 126 Å². The summed E-state index contributed by atoms with van der Waals surface area (Å²) in [6.45, 7) is 5.92. The zero-order chi connectivity index (χ0) is 14.9. The lowest BCUT2D eigenvalue weighted by Gasteiger charge is -2.13. The van der Waals surface area contributed by atoms with Crippen molar-refractivity contribution in [2.24, 2.45) is 0 Å². The number of rotatable bonds is 2. The highest BCUT2D eigenvalue weighted by atomic mass is 79.9. The van der Waals surface area contributed by atoms with Gasteiger partial charge in [-0.2, -0.15) is 0 Å². The number of carbonyl (C=O) groups is 1. The van der Waals surface area contributed by atoms with Crippen LogP contribution in [-0.4, -0.2) is 5.91 Å². The van der Waals surface area contributed by atoms with Crippen molar-refractivity contribution in [3.63, 3.8) is 0 Å². The fourth-order valence-electron chi connectivity index (χ4n) is 1.97. The molecule has 0 aliphatic heterocycles. The van der Waals surface area contributed by atoms with Gasteiger partial charge in [-0.1, -0.05) is 15.9 Å². The third-order valence-corrected chi connectivity index (χ3v) is 4.33. The van der Waals surface area contributed by atoms with Crippen molar-refractivity contribution in [1.82, 2.24) is 0 Å². The van der Waals surface area contributed by atoms with Crippen LogP contribution in [0.15, 0.2) is 34.8 Å². The molecular weight excluding hydrogens is 321 g/mol. The molecule has 2 aromatic carbocycles. The number of halogens is 2. The maximum atomic E-state index is 12.8. The topological polar surface area (TPSA) is 29.1 Å². The molecule has 4 heteroatoms. The summed E-state index contributed by atoms with van der Waals surface area (Å²) in [5.74, 6) is -0.522. The number of hydrogen-bond donors (Lipinski definition) is 1. The van der Waals surface area contributed by atoms with Crippen LogP contribution in [0.1, 0.15) is 27.0 Å². The molecule has 0 fully saturated rings. The van der Waals surface area contributed by atoms with Crippen molar-refractivity contribution < 1.29 is 9.18 Å². The number of amides is 1. The highest BCUT2D eigenvalue weighted by molar-refractivity contribution is 9.10. The molecular formula is C16H15BrFNO. The summed E-state index contributed by atoms with van der Waals surface area (Å²) in [6.07, 6.45) is 0. The van der Waals surface area contributed by atoms with Gasteiger partial charge in [0.05, 0.1) is 0 Å². The minimum Gasteiger partial charge on any atom is -0.322 e. The molecule has 0 aliphatic rings. The normalized spacial score (nSPS) is 10.4. The lowest BCUT2D eigenvalue weighted by atomic mass is 9.98. The Morgan fingerprint density at radius 2 is 1.65 bits per heavy atom. The van der Waals surface area contributed by atoms with Gasteiger partial charge in [-0.05, 0) is 67.8 Å². The third-order valence-electron chi connectivity index (χ3n) is 3.51. The van der Waals surface area contributed by atoms with E-state index >= 15 is 0 Å². The maximum Gasteiger partial charge on any atom is 0.255 e. The van der Waals surface area contributed by atoms with Gasteiger partial charge < -0.3 is 5.32 Å². The van der Waals surface area contributed by atoms with Crippen molar-refractivity contribution in [3.8, 4) is 0 Å². The molecule has 0 spiro atoms. The van der Waals surface area contributed by atoms with Crippen LogP contribution in [0.3, 0.4) is 0 Å². The van der Waals surface area contributed by atoms with Gasteiger partial charge in [0.15, 0.2) is 0 Å². The lowest BCUT2D eigenvalue weighted by Crippen LogP contribution is -2.14. The van der Waals surface area contributed by atoms with Gasteiger partial charge in [0.2, 0.25) is 0 Å². The van der Waals surface area contributed by atoms with E-state index < -0.39 is 0 Å². The number of benzene rings is 2. The van der Waals surface area contributed by atoms with E-state index in [4.69, 9.17) is 0 Å². The summed E-state index contributed by atoms with van der Waals surface area (Å²) in [5.41, 5.74) is 4.35. The summed E-state index contributed by atoms with van der Waals surface area (Å²) in [4.78, 5) is 12.3. The van der Waals surface area contributed by atoms with E-state index in [1.807, 2.05) is 26.8 Å². The van der Waals surface area contributed by atoms with E-state index in [1.54, 1.807) is 12.1 Å². The molecule has 20 heavy (non-hydrogen) atoms. The van der Waals surface area contributed by atoms with Crippen LogP contribution in [0.25, 0.3) is 0 Å². The van der Waals surface area contributed by atoms with E-state index in [0.717, 1.165) is 21.2 Å². The molecule has 0 bridgehead atoms. The van der Waals surface area contributed by atoms with Crippen molar-refractivity contribution in [3.05, 3.63) is 62.9 Å². The number of hydrogen-bond acceptors (Lipinski definition) is 1. The zero-order valence-corrected chi connectivity index (χ0v) is 13.1. The van der Waals surface area contributed by atoms with E-state index in [1.165, 1.54) is 12.1 Å². The van der Waals surface area contributed by atoms with Crippen LogP contribution >= 0.6 is 15.9 Å². The monoisotopic (exact) mass is 335 g/mol. The van der Waals surface area contributed by atoms with Gasteiger partial charge in [0.25, 0.3) is 5.91 Å². The highest BCUT2D eigenvalue weighted by Crippen LogP contribution is 2.26. The smallest absolute Gasteiger partial charge is 0.255 e. The lowest BCUT2D eigenvalue weighted by molar-refractivity contribution is 0.102. The molecule has 2 rings (SSSR count). The molecule has 1 amide bonds. The number of anilines is 1. The van der Waals surface area contributed by atoms with Gasteiger partial charge in [0.1, 0.15) is 5.82 Å². The average Bonchev–Trinajstić information content (AvgIpc) is 2.43. The first-order valence-corrected chi connectivity index (χ1v) is 7.02. The molecule has 2 nitrogen and oxygen atoms in total. The second-order valence-corrected chi connectivity index (χ2v) is 5.60. The molecule has 0 heterocycles. The number of nitrogens with one attached hydrogen (secondary N) is 1. The predicted molar refractivity (Wildman–Crippen MR) is 82.7 cm³/mol. The van der Waals surface area contributed by atoms with Gasteiger partial charge in [0, 0.05) is 15.7 Å². The molecule has 0 aliphatic carbocycles. The van der Waals surface area contributed by atoms with Crippen LogP contribution in [0.5, 0.6) is 0 Å². The van der Waals surface area contributed by atoms with Gasteiger partial charge >= 0.3 is 0 Å². The summed E-state index contributed by atoms with van der Waals surface area (Å²) in [5, 5.41) is 2.77. The molecule has 0 unspecified atom stereocenters. The molecule has 0 aromatic heterocycles. The molecule has 0 atom stereocenters. The Morgan fingerprint density at radius 3 is 2.25 bits per heavy atom. The fourth-order valence-corrected chi connectivity index (χ4v) is 2.50. The molecule has 2 aromatic rings. The SMILES string of the molecule is Cc1c(Br)cc(C(=O)Nc2ccc(F)cc2)c(C)c1C. The summed E-state index contributed by atoms with van der Waals surface area (Å²) in [6, 6.07) is 7.53. The van der Waals surface area contributed by atoms with Crippen molar-refractivity contribution in [2.45, 2.75) is 20.8 Å². The Balaban J connectivity index is 2.32. The van der Waals surface area contributed by atoms with E-state index in [0.29, 0.717) is 11.3 Å². The number of carbonyl (C=O) groups excluding carboxylic acids is 1. The van der Waals surface area contributed by atoms with Crippen LogP contribution in [0, 0.1) is 26.6 Å². The molecule has 1 N–H and O–H groups in total. The molecule has 0 saturated heterocycles. The average molecular weight is 336 g/mol. The second kappa shape index (κ2) is 5.75. The van der Waals surface area contributed by atoms with Crippen LogP contribution < -0.4 is 5.32 Å². The van der Waals surface area contributed by atoms with Gasteiger partial charge in [-0.25, -0.2) is 4.39 Å². The first-order valence-electron chi connectivity index (χ1n) is 6.23. The Morgan fingerprint density at radius 1 is 1.05 bits per heavy atom. The quantitative estimate of drug-likeness (QED) is 0.841. The highest BCUT2D eigenvalue weighted by Gasteiger charge is 2.14. The van der Waals surface area contributed by atoms with E-state index in [-0.39, 0.29) is 11.7 Å². The summed E-state index contributed by atoms with van der Waals surface area (Å²) < 4.78 is 13.7. The van der Waals surface area contributed by atoms with E-state index in [2.05, 4.69) is 21.2 Å². The summed E-state index contributed by atoms with van der Waals surface area (Å²) >= 11 is 3.46. The first kappa shape index (κ1) is 14.7. The van der Waals surface area contributed by atoms with Gasteiger partial charge in [-0.15, -0.1) is 0 Å². The molecule has 0 radical (unpaired) electrons. The minimum atomic E-state index is -0.326. The zero-order valence-electron chi connectivity index (χ0n) is 11.6. The van der Waals surface area contributed by atoms with Gasteiger partial charge in [-0.3, -0.25) is 4.79 Å². The van der Waals surface area contributed by atoms with Crippen molar-refractivity contribution in [2.75, 3.05) is 5.32 Å². The Hall–Kier alpha value is -1.68. The second-order valence-electron chi connectivity index (χ2n) is 4.74. The van der Waals surface area contributed by atoms with Crippen molar-refractivity contribution in [1.29, 1.82) is 0 Å². The summed E-state index contributed by atoms with van der Waals surface area (Å²) in [7, 11) is 0. The van der Waals surface area contributed by atoms with Crippen LogP contribution in [0.2, 0.25) is 0 Å². The minimum absolute atomic E-state index is 0.196. The van der Waals surface area contributed by atoms with Crippen molar-refractivity contribution >= 4 is 27.5 Å². The first-order chi connectivity index (χ1) is 9.40. The maximum absolute atomic E-state index is 12.8.